The van der Waals surface area contributed by atoms with Gasteiger partial charge in [0.15, 0.2) is 4.80 Å². The summed E-state index contributed by atoms with van der Waals surface area (Å²) in [7, 11) is 0. The predicted molar refractivity (Wildman–Crippen MR) is 114 cm³/mol. The molecule has 0 atom stereocenters. The van der Waals surface area contributed by atoms with E-state index in [0.717, 1.165) is 10.2 Å². The number of non-ortho nitro benzene ring substituents is 1. The van der Waals surface area contributed by atoms with E-state index in [1.807, 2.05) is 23.6 Å². The summed E-state index contributed by atoms with van der Waals surface area (Å²) in [6, 6.07) is 11.6. The van der Waals surface area contributed by atoms with Gasteiger partial charge in [-0.1, -0.05) is 41.1 Å². The molecule has 0 saturated carbocycles. The SMILES string of the molecule is CCOCCn1c(=NC(=O)/C=C/c2cccc([N+](=O)[O-])c2)sc2cccc(Cl)c21. The number of rotatable bonds is 7. The quantitative estimate of drug-likeness (QED) is 0.239. The number of carbonyl (C=O) groups excluding carboxylic acids is 1. The first-order valence-electron chi connectivity index (χ1n) is 8.86. The highest BCUT2D eigenvalue weighted by Gasteiger charge is 2.10. The zero-order valence-corrected chi connectivity index (χ0v) is 17.2. The normalized spacial score (nSPS) is 12.1. The minimum Gasteiger partial charge on any atom is -0.380 e. The number of halogens is 1. The topological polar surface area (TPSA) is 86.7 Å². The van der Waals surface area contributed by atoms with Gasteiger partial charge in [-0.2, -0.15) is 4.99 Å². The first kappa shape index (κ1) is 20.9. The molecule has 0 aliphatic rings. The van der Waals surface area contributed by atoms with E-state index in [1.54, 1.807) is 18.2 Å². The fourth-order valence-corrected chi connectivity index (χ4v) is 4.14. The maximum atomic E-state index is 12.4. The average Bonchev–Trinajstić information content (AvgIpc) is 3.05. The highest BCUT2D eigenvalue weighted by atomic mass is 35.5. The van der Waals surface area contributed by atoms with Gasteiger partial charge in [0.1, 0.15) is 0 Å². The largest absolute Gasteiger partial charge is 0.380 e. The molecule has 29 heavy (non-hydrogen) atoms. The van der Waals surface area contributed by atoms with Crippen LogP contribution in [0.15, 0.2) is 53.5 Å². The van der Waals surface area contributed by atoms with Crippen molar-refractivity contribution < 1.29 is 14.5 Å². The van der Waals surface area contributed by atoms with E-state index in [4.69, 9.17) is 16.3 Å². The van der Waals surface area contributed by atoms with Crippen molar-refractivity contribution in [3.8, 4) is 0 Å². The van der Waals surface area contributed by atoms with Gasteiger partial charge in [0, 0.05) is 31.4 Å². The molecule has 0 aliphatic heterocycles. The van der Waals surface area contributed by atoms with E-state index in [-0.39, 0.29) is 5.69 Å². The molecule has 1 heterocycles. The molecule has 0 bridgehead atoms. The zero-order valence-electron chi connectivity index (χ0n) is 15.6. The van der Waals surface area contributed by atoms with Gasteiger partial charge in [-0.25, -0.2) is 0 Å². The van der Waals surface area contributed by atoms with Crippen LogP contribution in [0, 0.1) is 10.1 Å². The number of nitro benzene ring substituents is 1. The number of nitrogens with zero attached hydrogens (tertiary/aromatic N) is 3. The van der Waals surface area contributed by atoms with Crippen molar-refractivity contribution in [1.82, 2.24) is 4.57 Å². The Morgan fingerprint density at radius 2 is 2.14 bits per heavy atom. The lowest BCUT2D eigenvalue weighted by atomic mass is 10.2. The number of benzene rings is 2. The third-order valence-electron chi connectivity index (χ3n) is 4.02. The molecule has 0 spiro atoms. The third-order valence-corrected chi connectivity index (χ3v) is 5.37. The van der Waals surface area contributed by atoms with Crippen molar-refractivity contribution >= 4 is 50.8 Å². The van der Waals surface area contributed by atoms with Gasteiger partial charge in [0.25, 0.3) is 11.6 Å². The molecule has 9 heteroatoms. The van der Waals surface area contributed by atoms with Crippen LogP contribution >= 0.6 is 22.9 Å². The van der Waals surface area contributed by atoms with Crippen LogP contribution in [0.2, 0.25) is 5.02 Å². The molecule has 0 radical (unpaired) electrons. The fraction of sp³-hybridized carbons (Fsp3) is 0.200. The molecule has 0 fully saturated rings. The number of carbonyl (C=O) groups is 1. The summed E-state index contributed by atoms with van der Waals surface area (Å²) < 4.78 is 8.23. The molecule has 3 rings (SSSR count). The maximum absolute atomic E-state index is 12.4. The van der Waals surface area contributed by atoms with E-state index < -0.39 is 10.8 Å². The fourth-order valence-electron chi connectivity index (χ4n) is 2.72. The van der Waals surface area contributed by atoms with Gasteiger partial charge in [-0.15, -0.1) is 0 Å². The summed E-state index contributed by atoms with van der Waals surface area (Å²) in [6.45, 7) is 3.49. The summed E-state index contributed by atoms with van der Waals surface area (Å²) >= 11 is 7.72. The number of hydrogen-bond donors (Lipinski definition) is 0. The van der Waals surface area contributed by atoms with Gasteiger partial charge in [-0.05, 0) is 30.7 Å². The van der Waals surface area contributed by atoms with E-state index in [9.17, 15) is 14.9 Å². The average molecular weight is 432 g/mol. The second-order valence-corrected chi connectivity index (χ2v) is 7.37. The smallest absolute Gasteiger partial charge is 0.272 e. The Balaban J connectivity index is 1.93. The summed E-state index contributed by atoms with van der Waals surface area (Å²) in [5.41, 5.74) is 1.32. The molecule has 2 aromatic carbocycles. The van der Waals surface area contributed by atoms with Crippen LogP contribution in [0.3, 0.4) is 0 Å². The molecule has 1 amide bonds. The van der Waals surface area contributed by atoms with E-state index in [1.165, 1.54) is 35.6 Å². The second kappa shape index (κ2) is 9.60. The van der Waals surface area contributed by atoms with Crippen LogP contribution < -0.4 is 4.80 Å². The molecule has 3 aromatic rings. The van der Waals surface area contributed by atoms with Crippen molar-refractivity contribution in [3.63, 3.8) is 0 Å². The third kappa shape index (κ3) is 5.17. The molecule has 0 saturated heterocycles. The molecule has 1 aromatic heterocycles. The summed E-state index contributed by atoms with van der Waals surface area (Å²) in [4.78, 5) is 27.5. The predicted octanol–water partition coefficient (Wildman–Crippen LogP) is 4.44. The maximum Gasteiger partial charge on any atom is 0.272 e. The Kier molecular flexibility index (Phi) is 6.92. The van der Waals surface area contributed by atoms with Crippen LogP contribution in [0.4, 0.5) is 5.69 Å². The van der Waals surface area contributed by atoms with Crippen molar-refractivity contribution in [2.75, 3.05) is 13.2 Å². The number of nitro groups is 1. The van der Waals surface area contributed by atoms with Crippen LogP contribution in [0.25, 0.3) is 16.3 Å². The Labute approximate surface area is 175 Å². The number of fused-ring (bicyclic) bond motifs is 1. The molecule has 150 valence electrons. The van der Waals surface area contributed by atoms with E-state index in [2.05, 4.69) is 4.99 Å². The summed E-state index contributed by atoms with van der Waals surface area (Å²) in [5.74, 6) is -0.468. The lowest BCUT2D eigenvalue weighted by molar-refractivity contribution is -0.384. The van der Waals surface area contributed by atoms with Crippen LogP contribution in [0.1, 0.15) is 12.5 Å². The first-order valence-corrected chi connectivity index (χ1v) is 10.1. The Morgan fingerprint density at radius 1 is 1.34 bits per heavy atom. The molecule has 0 aliphatic carbocycles. The molecule has 7 nitrogen and oxygen atoms in total. The second-order valence-electron chi connectivity index (χ2n) is 5.96. The van der Waals surface area contributed by atoms with Crippen LogP contribution in [-0.4, -0.2) is 28.6 Å². The number of ether oxygens (including phenoxy) is 1. The minimum absolute atomic E-state index is 0.0375. The van der Waals surface area contributed by atoms with Gasteiger partial charge >= 0.3 is 0 Å². The summed E-state index contributed by atoms with van der Waals surface area (Å²) in [5, 5.41) is 11.4. The lowest BCUT2D eigenvalue weighted by Crippen LogP contribution is -2.19. The standard InChI is InChI=1S/C20H18ClN3O4S/c1-2-28-12-11-23-19-16(21)7-4-8-17(19)29-20(23)22-18(25)10-9-14-5-3-6-15(13-14)24(26)27/h3-10,13H,2,11-12H2,1H3/b10-9+,22-20?. The number of hydrogen-bond acceptors (Lipinski definition) is 5. The minimum atomic E-state index is -0.480. The van der Waals surface area contributed by atoms with Crippen LogP contribution in [-0.2, 0) is 16.1 Å². The van der Waals surface area contributed by atoms with Gasteiger partial charge in [0.2, 0.25) is 0 Å². The Morgan fingerprint density at radius 3 is 2.90 bits per heavy atom. The highest BCUT2D eigenvalue weighted by molar-refractivity contribution is 7.16. The zero-order chi connectivity index (χ0) is 20.8. The van der Waals surface area contributed by atoms with Gasteiger partial charge in [0.05, 0.1) is 26.8 Å². The van der Waals surface area contributed by atoms with Crippen molar-refractivity contribution in [3.05, 3.63) is 74.0 Å². The first-order chi connectivity index (χ1) is 14.0. The number of amides is 1. The van der Waals surface area contributed by atoms with Crippen molar-refractivity contribution in [2.24, 2.45) is 4.99 Å². The Hall–Kier alpha value is -2.81. The monoisotopic (exact) mass is 431 g/mol. The van der Waals surface area contributed by atoms with Gasteiger partial charge < -0.3 is 9.30 Å². The molecule has 0 unspecified atom stereocenters. The lowest BCUT2D eigenvalue weighted by Gasteiger charge is -2.06. The number of para-hydroxylation sites is 1. The highest BCUT2D eigenvalue weighted by Crippen LogP contribution is 2.25. The molecular formula is C20H18ClN3O4S. The van der Waals surface area contributed by atoms with Crippen LogP contribution in [0.5, 0.6) is 0 Å². The molecular weight excluding hydrogens is 414 g/mol. The van der Waals surface area contributed by atoms with Crippen molar-refractivity contribution in [2.45, 2.75) is 13.5 Å². The van der Waals surface area contributed by atoms with Crippen molar-refractivity contribution in [1.29, 1.82) is 0 Å². The summed E-state index contributed by atoms with van der Waals surface area (Å²) in [6.07, 6.45) is 2.79. The van der Waals surface area contributed by atoms with Gasteiger partial charge in [-0.3, -0.25) is 14.9 Å². The van der Waals surface area contributed by atoms with E-state index >= 15 is 0 Å². The Bertz CT molecular complexity index is 1150. The number of thiazole rings is 1. The van der Waals surface area contributed by atoms with E-state index in [0.29, 0.717) is 35.1 Å². The molecule has 0 N–H and O–H groups in total. The number of aromatic nitrogens is 1.